The fourth-order valence-electron chi connectivity index (χ4n) is 2.90. The second-order valence-corrected chi connectivity index (χ2v) is 6.02. The molecule has 1 atom stereocenters. The van der Waals surface area contributed by atoms with Crippen LogP contribution in [0.25, 0.3) is 0 Å². The van der Waals surface area contributed by atoms with Crippen LogP contribution in [-0.2, 0) is 9.59 Å². The average molecular weight is 239 g/mol. The second kappa shape index (κ2) is 4.31. The molecule has 0 spiro atoms. The van der Waals surface area contributed by atoms with Gasteiger partial charge in [0.2, 0.25) is 5.91 Å². The molecule has 4 nitrogen and oxygen atoms in total. The van der Waals surface area contributed by atoms with Crippen LogP contribution in [0.15, 0.2) is 0 Å². The van der Waals surface area contributed by atoms with E-state index in [0.29, 0.717) is 0 Å². The Morgan fingerprint density at radius 3 is 2.35 bits per heavy atom. The van der Waals surface area contributed by atoms with Gasteiger partial charge in [0.05, 0.1) is 0 Å². The lowest BCUT2D eigenvalue weighted by Gasteiger charge is -2.31. The molecule has 0 bridgehead atoms. The van der Waals surface area contributed by atoms with E-state index in [1.807, 2.05) is 0 Å². The van der Waals surface area contributed by atoms with Crippen LogP contribution in [0.2, 0.25) is 0 Å². The summed E-state index contributed by atoms with van der Waals surface area (Å²) >= 11 is 0. The van der Waals surface area contributed by atoms with E-state index in [0.717, 1.165) is 32.1 Å². The predicted octanol–water partition coefficient (Wildman–Crippen LogP) is 1.89. The maximum absolute atomic E-state index is 12.4. The van der Waals surface area contributed by atoms with E-state index in [1.54, 1.807) is 4.90 Å². The van der Waals surface area contributed by atoms with Gasteiger partial charge in [0.25, 0.3) is 0 Å². The molecule has 2 saturated carbocycles. The summed E-state index contributed by atoms with van der Waals surface area (Å²) in [4.78, 5) is 24.9. The Labute approximate surface area is 102 Å². The highest BCUT2D eigenvalue weighted by Crippen LogP contribution is 2.44. The van der Waals surface area contributed by atoms with E-state index >= 15 is 0 Å². The summed E-state index contributed by atoms with van der Waals surface area (Å²) in [6.07, 6.45) is 4.98. The van der Waals surface area contributed by atoms with E-state index < -0.39 is 5.97 Å². The molecule has 1 N–H and O–H groups in total. The molecule has 0 aromatic heterocycles. The van der Waals surface area contributed by atoms with Crippen LogP contribution in [0, 0.1) is 11.3 Å². The van der Waals surface area contributed by atoms with Crippen LogP contribution in [0.4, 0.5) is 0 Å². The van der Waals surface area contributed by atoms with Gasteiger partial charge in [-0.3, -0.25) is 9.59 Å². The zero-order chi connectivity index (χ0) is 12.6. The largest absolute Gasteiger partial charge is 0.480 e. The molecule has 1 amide bonds. The van der Waals surface area contributed by atoms with Gasteiger partial charge in [-0.05, 0) is 31.1 Å². The normalized spacial score (nSPS) is 26.8. The molecule has 0 heterocycles. The minimum Gasteiger partial charge on any atom is -0.480 e. The smallest absolute Gasteiger partial charge is 0.323 e. The first-order chi connectivity index (χ1) is 7.92. The van der Waals surface area contributed by atoms with Crippen molar-refractivity contribution in [2.24, 2.45) is 11.3 Å². The average Bonchev–Trinajstić information content (AvgIpc) is 2.98. The summed E-state index contributed by atoms with van der Waals surface area (Å²) in [5.41, 5.74) is 0.0305. The van der Waals surface area contributed by atoms with Gasteiger partial charge in [-0.15, -0.1) is 0 Å². The molecular formula is C13H21NO3. The van der Waals surface area contributed by atoms with Crippen LogP contribution in [0.5, 0.6) is 0 Å². The van der Waals surface area contributed by atoms with Crippen LogP contribution < -0.4 is 0 Å². The van der Waals surface area contributed by atoms with Gasteiger partial charge in [-0.1, -0.05) is 20.3 Å². The monoisotopic (exact) mass is 239 g/mol. The third-order valence-electron chi connectivity index (χ3n) is 4.13. The molecule has 2 aliphatic rings. The van der Waals surface area contributed by atoms with Crippen molar-refractivity contribution in [1.29, 1.82) is 0 Å². The van der Waals surface area contributed by atoms with Gasteiger partial charge in [-0.2, -0.15) is 0 Å². The van der Waals surface area contributed by atoms with Crippen molar-refractivity contribution in [3.63, 3.8) is 0 Å². The third kappa shape index (κ3) is 2.61. The van der Waals surface area contributed by atoms with E-state index in [4.69, 9.17) is 5.11 Å². The number of nitrogens with zero attached hydrogens (tertiary/aromatic N) is 1. The number of hydrogen-bond donors (Lipinski definition) is 1. The van der Waals surface area contributed by atoms with Gasteiger partial charge in [0.1, 0.15) is 6.54 Å². The summed E-state index contributed by atoms with van der Waals surface area (Å²) < 4.78 is 0. The standard InChI is InChI=1S/C13H21NO3/c1-13(2)7-3-4-10(13)12(17)14(8-11(15)16)9-5-6-9/h9-10H,3-8H2,1-2H3,(H,15,16). The molecular weight excluding hydrogens is 218 g/mol. The number of amides is 1. The van der Waals surface area contributed by atoms with Crippen LogP contribution >= 0.6 is 0 Å². The number of carboxylic acids is 1. The van der Waals surface area contributed by atoms with E-state index in [1.165, 1.54) is 0 Å². The number of carbonyl (C=O) groups is 2. The minimum absolute atomic E-state index is 0.0162. The summed E-state index contributed by atoms with van der Waals surface area (Å²) in [5, 5.41) is 8.89. The Hall–Kier alpha value is -1.06. The lowest BCUT2D eigenvalue weighted by atomic mass is 9.81. The third-order valence-corrected chi connectivity index (χ3v) is 4.13. The molecule has 1 unspecified atom stereocenters. The van der Waals surface area contributed by atoms with E-state index in [9.17, 15) is 9.59 Å². The molecule has 2 aliphatic carbocycles. The van der Waals surface area contributed by atoms with Crippen molar-refractivity contribution in [3.8, 4) is 0 Å². The fraction of sp³-hybridized carbons (Fsp3) is 0.846. The zero-order valence-corrected chi connectivity index (χ0v) is 10.6. The highest BCUT2D eigenvalue weighted by Gasteiger charge is 2.44. The highest BCUT2D eigenvalue weighted by atomic mass is 16.4. The summed E-state index contributed by atoms with van der Waals surface area (Å²) in [7, 11) is 0. The Morgan fingerprint density at radius 1 is 1.29 bits per heavy atom. The van der Waals surface area contributed by atoms with Crippen molar-refractivity contribution in [1.82, 2.24) is 4.90 Å². The molecule has 0 saturated heterocycles. The number of aliphatic carboxylic acids is 1. The van der Waals surface area contributed by atoms with Crippen molar-refractivity contribution >= 4 is 11.9 Å². The quantitative estimate of drug-likeness (QED) is 0.815. The molecule has 0 radical (unpaired) electrons. The second-order valence-electron chi connectivity index (χ2n) is 6.02. The fourth-order valence-corrected chi connectivity index (χ4v) is 2.90. The van der Waals surface area contributed by atoms with Crippen LogP contribution in [-0.4, -0.2) is 34.5 Å². The predicted molar refractivity (Wildman–Crippen MR) is 63.5 cm³/mol. The molecule has 0 aromatic carbocycles. The number of rotatable bonds is 4. The first kappa shape index (κ1) is 12.4. The van der Waals surface area contributed by atoms with Crippen LogP contribution in [0.1, 0.15) is 46.0 Å². The van der Waals surface area contributed by atoms with Crippen LogP contribution in [0.3, 0.4) is 0 Å². The molecule has 0 aliphatic heterocycles. The first-order valence-electron chi connectivity index (χ1n) is 6.44. The van der Waals surface area contributed by atoms with Gasteiger partial charge < -0.3 is 10.0 Å². The van der Waals surface area contributed by atoms with Gasteiger partial charge in [-0.25, -0.2) is 0 Å². The van der Waals surface area contributed by atoms with E-state index in [2.05, 4.69) is 13.8 Å². The minimum atomic E-state index is -0.902. The highest BCUT2D eigenvalue weighted by molar-refractivity contribution is 5.84. The number of carbonyl (C=O) groups excluding carboxylic acids is 1. The maximum Gasteiger partial charge on any atom is 0.323 e. The van der Waals surface area contributed by atoms with Crippen molar-refractivity contribution < 1.29 is 14.7 Å². The molecule has 2 fully saturated rings. The van der Waals surface area contributed by atoms with Gasteiger partial charge in [0, 0.05) is 12.0 Å². The summed E-state index contributed by atoms with van der Waals surface area (Å²) in [5.74, 6) is -0.819. The molecule has 17 heavy (non-hydrogen) atoms. The SMILES string of the molecule is CC1(C)CCCC1C(=O)N(CC(=O)O)C1CC1. The first-order valence-corrected chi connectivity index (χ1v) is 6.44. The van der Waals surface area contributed by atoms with Crippen molar-refractivity contribution in [3.05, 3.63) is 0 Å². The summed E-state index contributed by atoms with van der Waals surface area (Å²) in [6.45, 7) is 4.11. The molecule has 2 rings (SSSR count). The molecule has 4 heteroatoms. The van der Waals surface area contributed by atoms with Crippen molar-refractivity contribution in [2.75, 3.05) is 6.54 Å². The lowest BCUT2D eigenvalue weighted by molar-refractivity contribution is -0.148. The Morgan fingerprint density at radius 2 is 1.94 bits per heavy atom. The maximum atomic E-state index is 12.4. The number of hydrogen-bond acceptors (Lipinski definition) is 2. The van der Waals surface area contributed by atoms with Gasteiger partial charge >= 0.3 is 5.97 Å². The Kier molecular flexibility index (Phi) is 3.15. The molecule has 96 valence electrons. The van der Waals surface area contributed by atoms with Crippen molar-refractivity contribution in [2.45, 2.75) is 52.0 Å². The van der Waals surface area contributed by atoms with Gasteiger partial charge in [0.15, 0.2) is 0 Å². The lowest BCUT2D eigenvalue weighted by Crippen LogP contribution is -2.43. The Bertz CT molecular complexity index is 334. The number of carboxylic acid groups (broad SMARTS) is 1. The molecule has 0 aromatic rings. The Balaban J connectivity index is 2.08. The zero-order valence-electron chi connectivity index (χ0n) is 10.6. The topological polar surface area (TPSA) is 57.6 Å². The summed E-state index contributed by atoms with van der Waals surface area (Å²) in [6, 6.07) is 0.190. The van der Waals surface area contributed by atoms with E-state index in [-0.39, 0.29) is 29.8 Å².